The van der Waals surface area contributed by atoms with Gasteiger partial charge >= 0.3 is 0 Å². The normalized spacial score (nSPS) is 10.1. The molecule has 0 aliphatic carbocycles. The maximum atomic E-state index is 8.83. The van der Waals surface area contributed by atoms with Crippen LogP contribution in [-0.2, 0) is 0 Å². The van der Waals surface area contributed by atoms with Gasteiger partial charge in [-0.1, -0.05) is 13.3 Å². The van der Waals surface area contributed by atoms with Crippen molar-refractivity contribution in [2.24, 2.45) is 0 Å². The van der Waals surface area contributed by atoms with E-state index in [2.05, 4.69) is 33.2 Å². The third-order valence-corrected chi connectivity index (χ3v) is 3.35. The second kappa shape index (κ2) is 7.41. The van der Waals surface area contributed by atoms with Crippen molar-refractivity contribution in [2.45, 2.75) is 26.7 Å². The average molecular weight is 295 g/mol. The maximum absolute atomic E-state index is 8.83. The van der Waals surface area contributed by atoms with Crippen LogP contribution in [0.1, 0.15) is 31.2 Å². The molecule has 0 radical (unpaired) electrons. The smallest absolute Gasteiger partial charge is 0.136 e. The lowest BCUT2D eigenvalue weighted by Crippen LogP contribution is -2.20. The Morgan fingerprint density at radius 1 is 1.23 bits per heavy atom. The van der Waals surface area contributed by atoms with Crippen molar-refractivity contribution in [3.05, 3.63) is 41.7 Å². The minimum atomic E-state index is 0.643. The molecule has 0 aliphatic heterocycles. The standard InChI is InChI=1S/C17H21N5/c1-4-5-10-22(3)17-11-16(19-13(2)20-17)21-15-8-6-14(12-18)7-9-15/h6-9,11H,4-5,10H2,1-3H3,(H,19,20,21). The highest BCUT2D eigenvalue weighted by Gasteiger charge is 2.06. The Morgan fingerprint density at radius 2 is 1.95 bits per heavy atom. The topological polar surface area (TPSA) is 64.8 Å². The fraction of sp³-hybridized carbons (Fsp3) is 0.353. The molecule has 0 saturated heterocycles. The van der Waals surface area contributed by atoms with E-state index >= 15 is 0 Å². The van der Waals surface area contributed by atoms with Crippen molar-refractivity contribution >= 4 is 17.3 Å². The van der Waals surface area contributed by atoms with Gasteiger partial charge in [-0.3, -0.25) is 0 Å². The zero-order valence-electron chi connectivity index (χ0n) is 13.3. The van der Waals surface area contributed by atoms with Crippen molar-refractivity contribution < 1.29 is 0 Å². The highest BCUT2D eigenvalue weighted by molar-refractivity contribution is 5.60. The van der Waals surface area contributed by atoms with Crippen LogP contribution in [0.3, 0.4) is 0 Å². The van der Waals surface area contributed by atoms with Crippen LogP contribution in [0.25, 0.3) is 0 Å². The van der Waals surface area contributed by atoms with Crippen LogP contribution in [0, 0.1) is 18.3 Å². The number of hydrogen-bond donors (Lipinski definition) is 1. The first kappa shape index (κ1) is 15.8. The Morgan fingerprint density at radius 3 is 2.59 bits per heavy atom. The summed E-state index contributed by atoms with van der Waals surface area (Å²) in [4.78, 5) is 11.0. The van der Waals surface area contributed by atoms with Crippen molar-refractivity contribution in [3.8, 4) is 6.07 Å². The molecule has 2 aromatic rings. The molecule has 0 amide bonds. The van der Waals surface area contributed by atoms with Crippen molar-refractivity contribution in [1.29, 1.82) is 5.26 Å². The van der Waals surface area contributed by atoms with Gasteiger partial charge in [-0.25, -0.2) is 9.97 Å². The maximum Gasteiger partial charge on any atom is 0.136 e. The second-order valence-electron chi connectivity index (χ2n) is 5.25. The van der Waals surface area contributed by atoms with Gasteiger partial charge in [0.05, 0.1) is 11.6 Å². The van der Waals surface area contributed by atoms with Gasteiger partial charge in [-0.2, -0.15) is 5.26 Å². The SMILES string of the molecule is CCCCN(C)c1cc(Nc2ccc(C#N)cc2)nc(C)n1. The van der Waals surface area contributed by atoms with Crippen LogP contribution < -0.4 is 10.2 Å². The van der Waals surface area contributed by atoms with Crippen LogP contribution in [0.2, 0.25) is 0 Å². The number of benzene rings is 1. The van der Waals surface area contributed by atoms with E-state index in [0.717, 1.165) is 42.5 Å². The molecule has 1 aromatic heterocycles. The van der Waals surface area contributed by atoms with Gasteiger partial charge < -0.3 is 10.2 Å². The largest absolute Gasteiger partial charge is 0.360 e. The van der Waals surface area contributed by atoms with Gasteiger partial charge in [0.1, 0.15) is 17.5 Å². The van der Waals surface area contributed by atoms with Gasteiger partial charge in [0, 0.05) is 25.3 Å². The van der Waals surface area contributed by atoms with E-state index in [1.165, 1.54) is 0 Å². The Labute approximate surface area is 131 Å². The van der Waals surface area contributed by atoms with Crippen LogP contribution >= 0.6 is 0 Å². The first-order valence-electron chi connectivity index (χ1n) is 7.46. The highest BCUT2D eigenvalue weighted by atomic mass is 15.2. The molecule has 5 nitrogen and oxygen atoms in total. The third-order valence-electron chi connectivity index (χ3n) is 3.35. The van der Waals surface area contributed by atoms with Gasteiger partial charge in [0.25, 0.3) is 0 Å². The van der Waals surface area contributed by atoms with E-state index in [0.29, 0.717) is 5.56 Å². The van der Waals surface area contributed by atoms with Crippen LogP contribution in [0.4, 0.5) is 17.3 Å². The molecule has 0 unspecified atom stereocenters. The molecule has 0 saturated carbocycles. The molecule has 1 N–H and O–H groups in total. The van der Waals surface area contributed by atoms with Crippen LogP contribution in [-0.4, -0.2) is 23.6 Å². The summed E-state index contributed by atoms with van der Waals surface area (Å²) in [5.41, 5.74) is 1.55. The van der Waals surface area contributed by atoms with Gasteiger partial charge in [0.2, 0.25) is 0 Å². The summed E-state index contributed by atoms with van der Waals surface area (Å²) in [5.74, 6) is 2.41. The molecule has 0 fully saturated rings. The summed E-state index contributed by atoms with van der Waals surface area (Å²) in [6.45, 7) is 5.04. The van der Waals surface area contributed by atoms with E-state index in [1.807, 2.05) is 32.2 Å². The number of hydrogen-bond acceptors (Lipinski definition) is 5. The van der Waals surface area contributed by atoms with Gasteiger partial charge in [0.15, 0.2) is 0 Å². The summed E-state index contributed by atoms with van der Waals surface area (Å²) in [6, 6.07) is 11.4. The lowest BCUT2D eigenvalue weighted by Gasteiger charge is -2.19. The van der Waals surface area contributed by atoms with E-state index in [9.17, 15) is 0 Å². The van der Waals surface area contributed by atoms with Crippen LogP contribution in [0.15, 0.2) is 30.3 Å². The number of anilines is 3. The molecular weight excluding hydrogens is 274 g/mol. The predicted octanol–water partition coefficient (Wildman–Crippen LogP) is 3.64. The molecule has 0 spiro atoms. The zero-order valence-corrected chi connectivity index (χ0v) is 13.3. The summed E-state index contributed by atoms with van der Waals surface area (Å²) < 4.78 is 0. The monoisotopic (exact) mass is 295 g/mol. The van der Waals surface area contributed by atoms with Crippen molar-refractivity contribution in [2.75, 3.05) is 23.8 Å². The Bertz CT molecular complexity index is 658. The fourth-order valence-electron chi connectivity index (χ4n) is 2.10. The minimum Gasteiger partial charge on any atom is -0.360 e. The summed E-state index contributed by atoms with van der Waals surface area (Å²) in [7, 11) is 2.04. The Kier molecular flexibility index (Phi) is 5.31. The molecule has 1 aromatic carbocycles. The third kappa shape index (κ3) is 4.19. The number of aromatic nitrogens is 2. The molecule has 0 aliphatic rings. The number of rotatable bonds is 6. The Balaban J connectivity index is 2.16. The molecule has 0 bridgehead atoms. The number of nitriles is 1. The number of aryl methyl sites for hydroxylation is 1. The minimum absolute atomic E-state index is 0.643. The number of nitrogens with one attached hydrogen (secondary N) is 1. The van der Waals surface area contributed by atoms with Crippen LogP contribution in [0.5, 0.6) is 0 Å². The van der Waals surface area contributed by atoms with E-state index in [1.54, 1.807) is 12.1 Å². The quantitative estimate of drug-likeness (QED) is 0.881. The summed E-state index contributed by atoms with van der Waals surface area (Å²) >= 11 is 0. The molecule has 114 valence electrons. The molecular formula is C17H21N5. The molecule has 0 atom stereocenters. The fourth-order valence-corrected chi connectivity index (χ4v) is 2.10. The first-order valence-corrected chi connectivity index (χ1v) is 7.46. The second-order valence-corrected chi connectivity index (χ2v) is 5.25. The lowest BCUT2D eigenvalue weighted by molar-refractivity contribution is 0.756. The van der Waals surface area contributed by atoms with Gasteiger partial charge in [-0.15, -0.1) is 0 Å². The van der Waals surface area contributed by atoms with E-state index in [-0.39, 0.29) is 0 Å². The van der Waals surface area contributed by atoms with Crippen molar-refractivity contribution in [3.63, 3.8) is 0 Å². The lowest BCUT2D eigenvalue weighted by atomic mass is 10.2. The van der Waals surface area contributed by atoms with Gasteiger partial charge in [-0.05, 0) is 37.6 Å². The Hall–Kier alpha value is -2.61. The zero-order chi connectivity index (χ0) is 15.9. The number of nitrogens with zero attached hydrogens (tertiary/aromatic N) is 4. The number of unbranched alkanes of at least 4 members (excludes halogenated alkanes) is 1. The molecule has 2 rings (SSSR count). The molecule has 22 heavy (non-hydrogen) atoms. The molecule has 1 heterocycles. The first-order chi connectivity index (χ1) is 10.6. The predicted molar refractivity (Wildman–Crippen MR) is 89.4 cm³/mol. The summed E-state index contributed by atoms with van der Waals surface area (Å²) in [5, 5.41) is 12.1. The van der Waals surface area contributed by atoms with E-state index in [4.69, 9.17) is 5.26 Å². The van der Waals surface area contributed by atoms with Crippen molar-refractivity contribution in [1.82, 2.24) is 9.97 Å². The highest BCUT2D eigenvalue weighted by Crippen LogP contribution is 2.19. The summed E-state index contributed by atoms with van der Waals surface area (Å²) in [6.07, 6.45) is 2.29. The average Bonchev–Trinajstić information content (AvgIpc) is 2.52. The molecule has 5 heteroatoms. The van der Waals surface area contributed by atoms with E-state index < -0.39 is 0 Å².